The highest BCUT2D eigenvalue weighted by molar-refractivity contribution is 9.10. The van der Waals surface area contributed by atoms with Crippen molar-refractivity contribution in [1.29, 1.82) is 0 Å². The van der Waals surface area contributed by atoms with Gasteiger partial charge in [0.1, 0.15) is 5.75 Å². The summed E-state index contributed by atoms with van der Waals surface area (Å²) in [7, 11) is 1.58. The van der Waals surface area contributed by atoms with Crippen LogP contribution in [0.15, 0.2) is 40.9 Å². The number of aryl methyl sites for hydroxylation is 1. The van der Waals surface area contributed by atoms with Gasteiger partial charge in [0, 0.05) is 11.8 Å². The van der Waals surface area contributed by atoms with Gasteiger partial charge in [0.05, 0.1) is 22.8 Å². The van der Waals surface area contributed by atoms with Gasteiger partial charge in [0.15, 0.2) is 0 Å². The molecule has 0 fully saturated rings. The molecule has 2 aromatic carbocycles. The molecule has 5 heteroatoms. The van der Waals surface area contributed by atoms with Gasteiger partial charge in [-0.15, -0.1) is 0 Å². The summed E-state index contributed by atoms with van der Waals surface area (Å²) in [6.45, 7) is 1.86. The third-order valence-electron chi connectivity index (χ3n) is 2.84. The highest BCUT2D eigenvalue weighted by atomic mass is 79.9. The molecule has 0 saturated carbocycles. The first-order chi connectivity index (χ1) is 9.51. The van der Waals surface area contributed by atoms with Gasteiger partial charge in [-0.1, -0.05) is 11.6 Å². The molecule has 0 aliphatic rings. The molecular weight excluding hydrogens is 322 g/mol. The Kier molecular flexibility index (Phi) is 4.29. The van der Waals surface area contributed by atoms with Crippen LogP contribution in [0.1, 0.15) is 15.9 Å². The van der Waals surface area contributed by atoms with Crippen LogP contribution in [0.2, 0.25) is 0 Å². The summed E-state index contributed by atoms with van der Waals surface area (Å²) >= 11 is 3.38. The number of ether oxygens (including phenoxy) is 1. The van der Waals surface area contributed by atoms with Crippen LogP contribution in [0.3, 0.4) is 0 Å². The molecule has 104 valence electrons. The predicted octanol–water partition coefficient (Wildman–Crippen LogP) is 4.21. The zero-order valence-corrected chi connectivity index (χ0v) is 12.7. The third kappa shape index (κ3) is 3.11. The molecule has 0 spiro atoms. The van der Waals surface area contributed by atoms with Gasteiger partial charge >= 0.3 is 5.97 Å². The number of carboxylic acid groups (broad SMARTS) is 1. The number of carbonyl (C=O) groups is 1. The van der Waals surface area contributed by atoms with E-state index in [0.29, 0.717) is 11.4 Å². The summed E-state index contributed by atoms with van der Waals surface area (Å²) in [5.74, 6) is -0.278. The molecule has 0 saturated heterocycles. The van der Waals surface area contributed by atoms with Crippen molar-refractivity contribution in [2.24, 2.45) is 0 Å². The van der Waals surface area contributed by atoms with Crippen molar-refractivity contribution in [2.75, 3.05) is 12.4 Å². The number of hydrogen-bond donors (Lipinski definition) is 2. The molecule has 0 aliphatic carbocycles. The van der Waals surface area contributed by atoms with Crippen molar-refractivity contribution in [3.8, 4) is 5.75 Å². The van der Waals surface area contributed by atoms with E-state index in [-0.39, 0.29) is 5.56 Å². The molecule has 0 amide bonds. The summed E-state index contributed by atoms with van der Waals surface area (Å²) in [5, 5.41) is 12.3. The predicted molar refractivity (Wildman–Crippen MR) is 82.1 cm³/mol. The van der Waals surface area contributed by atoms with Crippen LogP contribution in [-0.2, 0) is 0 Å². The molecule has 4 nitrogen and oxygen atoms in total. The number of benzene rings is 2. The topological polar surface area (TPSA) is 58.6 Å². The monoisotopic (exact) mass is 335 g/mol. The van der Waals surface area contributed by atoms with Crippen LogP contribution < -0.4 is 10.1 Å². The van der Waals surface area contributed by atoms with Gasteiger partial charge in [-0.3, -0.25) is 0 Å². The second-order valence-corrected chi connectivity index (χ2v) is 5.18. The van der Waals surface area contributed by atoms with Crippen LogP contribution in [0, 0.1) is 6.92 Å². The Morgan fingerprint density at radius 1 is 1.25 bits per heavy atom. The van der Waals surface area contributed by atoms with Gasteiger partial charge in [0.2, 0.25) is 0 Å². The lowest BCUT2D eigenvalue weighted by atomic mass is 10.1. The second kappa shape index (κ2) is 5.96. The van der Waals surface area contributed by atoms with Crippen LogP contribution in [-0.4, -0.2) is 18.2 Å². The fraction of sp³-hybridized carbons (Fsp3) is 0.133. The Morgan fingerprint density at radius 2 is 2.00 bits per heavy atom. The van der Waals surface area contributed by atoms with Gasteiger partial charge < -0.3 is 15.2 Å². The quantitative estimate of drug-likeness (QED) is 0.878. The first kappa shape index (κ1) is 14.4. The minimum Gasteiger partial charge on any atom is -0.495 e. The highest BCUT2D eigenvalue weighted by Gasteiger charge is 2.11. The third-order valence-corrected chi connectivity index (χ3v) is 3.49. The Morgan fingerprint density at radius 3 is 2.65 bits per heavy atom. The van der Waals surface area contributed by atoms with Crippen molar-refractivity contribution in [2.45, 2.75) is 6.92 Å². The number of anilines is 2. The van der Waals surface area contributed by atoms with E-state index in [2.05, 4.69) is 21.2 Å². The van der Waals surface area contributed by atoms with Crippen molar-refractivity contribution >= 4 is 33.3 Å². The molecule has 20 heavy (non-hydrogen) atoms. The molecule has 0 aromatic heterocycles. The van der Waals surface area contributed by atoms with Crippen molar-refractivity contribution < 1.29 is 14.6 Å². The standard InChI is InChI=1S/C15H14BrNO3/c1-9-3-6-13(11(7-9)15(18)19)17-10-4-5-12(16)14(8-10)20-2/h3-8,17H,1-2H3,(H,18,19). The molecule has 2 N–H and O–H groups in total. The van der Waals surface area contributed by atoms with E-state index in [1.807, 2.05) is 25.1 Å². The van der Waals surface area contributed by atoms with E-state index in [0.717, 1.165) is 15.7 Å². The Bertz CT molecular complexity index is 656. The number of hydrogen-bond acceptors (Lipinski definition) is 3. The molecule has 2 aromatic rings. The van der Waals surface area contributed by atoms with Gasteiger partial charge in [0.25, 0.3) is 0 Å². The summed E-state index contributed by atoms with van der Waals surface area (Å²) < 4.78 is 6.06. The summed E-state index contributed by atoms with van der Waals surface area (Å²) in [5.41, 5.74) is 2.46. The van der Waals surface area contributed by atoms with Crippen LogP contribution in [0.5, 0.6) is 5.75 Å². The molecule has 0 atom stereocenters. The molecular formula is C15H14BrNO3. The SMILES string of the molecule is COc1cc(Nc2ccc(C)cc2C(=O)O)ccc1Br. The molecule has 0 aliphatic heterocycles. The lowest BCUT2D eigenvalue weighted by molar-refractivity contribution is 0.0698. The lowest BCUT2D eigenvalue weighted by Crippen LogP contribution is -2.03. The number of methoxy groups -OCH3 is 1. The number of carboxylic acids is 1. The van der Waals surface area contributed by atoms with Crippen LogP contribution >= 0.6 is 15.9 Å². The first-order valence-corrected chi connectivity index (χ1v) is 6.75. The largest absolute Gasteiger partial charge is 0.495 e. The summed E-state index contributed by atoms with van der Waals surface area (Å²) in [4.78, 5) is 11.3. The number of nitrogens with one attached hydrogen (secondary N) is 1. The Balaban J connectivity index is 2.37. The maximum Gasteiger partial charge on any atom is 0.337 e. The minimum absolute atomic E-state index is 0.242. The van der Waals surface area contributed by atoms with Crippen molar-refractivity contribution in [1.82, 2.24) is 0 Å². The van der Waals surface area contributed by atoms with Crippen molar-refractivity contribution in [3.05, 3.63) is 52.0 Å². The molecule has 0 unspecified atom stereocenters. The van der Waals surface area contributed by atoms with Crippen LogP contribution in [0.25, 0.3) is 0 Å². The molecule has 0 radical (unpaired) electrons. The molecule has 0 bridgehead atoms. The average Bonchev–Trinajstić information content (AvgIpc) is 2.42. The Labute approximate surface area is 125 Å². The van der Waals surface area contributed by atoms with Gasteiger partial charge in [-0.05, 0) is 47.1 Å². The fourth-order valence-corrected chi connectivity index (χ4v) is 2.25. The maximum atomic E-state index is 11.3. The zero-order chi connectivity index (χ0) is 14.7. The summed E-state index contributed by atoms with van der Waals surface area (Å²) in [6, 6.07) is 10.8. The van der Waals surface area contributed by atoms with E-state index >= 15 is 0 Å². The van der Waals surface area contributed by atoms with E-state index in [9.17, 15) is 9.90 Å². The zero-order valence-electron chi connectivity index (χ0n) is 11.1. The minimum atomic E-state index is -0.958. The first-order valence-electron chi connectivity index (χ1n) is 5.96. The lowest BCUT2D eigenvalue weighted by Gasteiger charge is -2.12. The van der Waals surface area contributed by atoms with Gasteiger partial charge in [-0.25, -0.2) is 4.79 Å². The average molecular weight is 336 g/mol. The smallest absolute Gasteiger partial charge is 0.337 e. The maximum absolute atomic E-state index is 11.3. The van der Waals surface area contributed by atoms with E-state index < -0.39 is 5.97 Å². The van der Waals surface area contributed by atoms with E-state index in [4.69, 9.17) is 4.74 Å². The van der Waals surface area contributed by atoms with E-state index in [1.165, 1.54) is 0 Å². The highest BCUT2D eigenvalue weighted by Crippen LogP contribution is 2.30. The molecule has 2 rings (SSSR count). The summed E-state index contributed by atoms with van der Waals surface area (Å²) in [6.07, 6.45) is 0. The molecule has 0 heterocycles. The Hall–Kier alpha value is -2.01. The number of rotatable bonds is 4. The normalized spacial score (nSPS) is 10.2. The van der Waals surface area contributed by atoms with Gasteiger partial charge in [-0.2, -0.15) is 0 Å². The van der Waals surface area contributed by atoms with Crippen LogP contribution in [0.4, 0.5) is 11.4 Å². The van der Waals surface area contributed by atoms with E-state index in [1.54, 1.807) is 25.3 Å². The number of halogens is 1. The number of aromatic carboxylic acids is 1. The fourth-order valence-electron chi connectivity index (χ4n) is 1.84. The van der Waals surface area contributed by atoms with Crippen molar-refractivity contribution in [3.63, 3.8) is 0 Å². The second-order valence-electron chi connectivity index (χ2n) is 4.33.